The molecule has 1 aromatic heterocycles. The second-order valence-electron chi connectivity index (χ2n) is 6.98. The van der Waals surface area contributed by atoms with E-state index in [1.807, 2.05) is 37.4 Å². The van der Waals surface area contributed by atoms with E-state index in [-0.39, 0.29) is 18.5 Å². The van der Waals surface area contributed by atoms with E-state index in [1.54, 1.807) is 36.3 Å². The maximum absolute atomic E-state index is 12.8. The predicted molar refractivity (Wildman–Crippen MR) is 113 cm³/mol. The Kier molecular flexibility index (Phi) is 5.49. The number of ether oxygens (including phenoxy) is 2. The van der Waals surface area contributed by atoms with Crippen molar-refractivity contribution in [3.63, 3.8) is 0 Å². The number of benzene rings is 2. The SMILES string of the molecule is COc1ccc(NC(=O)CN([C@H](C)c2c[nH]c3ccccc23)[C@H]2OC=NC2=O)cc1. The lowest BCUT2D eigenvalue weighted by atomic mass is 10.1. The second-order valence-corrected chi connectivity index (χ2v) is 6.98. The van der Waals surface area contributed by atoms with Gasteiger partial charge in [0, 0.05) is 28.8 Å². The molecule has 2 amide bonds. The molecule has 0 saturated heterocycles. The van der Waals surface area contributed by atoms with Crippen LogP contribution in [0.1, 0.15) is 18.5 Å². The molecule has 4 rings (SSSR count). The third-order valence-corrected chi connectivity index (χ3v) is 5.15. The average molecular weight is 406 g/mol. The molecule has 30 heavy (non-hydrogen) atoms. The van der Waals surface area contributed by atoms with Gasteiger partial charge in [0.25, 0.3) is 0 Å². The van der Waals surface area contributed by atoms with E-state index >= 15 is 0 Å². The molecular formula is C22H22N4O4. The van der Waals surface area contributed by atoms with E-state index in [2.05, 4.69) is 15.3 Å². The van der Waals surface area contributed by atoms with Gasteiger partial charge < -0.3 is 19.8 Å². The van der Waals surface area contributed by atoms with Crippen LogP contribution in [-0.2, 0) is 14.3 Å². The lowest BCUT2D eigenvalue weighted by molar-refractivity contribution is -0.135. The normalized spacial score (nSPS) is 16.6. The van der Waals surface area contributed by atoms with Gasteiger partial charge in [-0.15, -0.1) is 0 Å². The molecule has 3 aromatic rings. The summed E-state index contributed by atoms with van der Waals surface area (Å²) in [7, 11) is 1.58. The molecule has 2 aromatic carbocycles. The molecule has 0 radical (unpaired) electrons. The molecule has 2 N–H and O–H groups in total. The van der Waals surface area contributed by atoms with Crippen molar-refractivity contribution >= 4 is 34.8 Å². The first-order valence-corrected chi connectivity index (χ1v) is 9.54. The van der Waals surface area contributed by atoms with Gasteiger partial charge in [-0.25, -0.2) is 4.90 Å². The molecule has 154 valence electrons. The third-order valence-electron chi connectivity index (χ3n) is 5.15. The quantitative estimate of drug-likeness (QED) is 0.629. The highest BCUT2D eigenvalue weighted by molar-refractivity contribution is 5.94. The highest BCUT2D eigenvalue weighted by Crippen LogP contribution is 2.30. The number of carbonyl (C=O) groups excluding carboxylic acids is 2. The van der Waals surface area contributed by atoms with Crippen molar-refractivity contribution in [3.8, 4) is 5.75 Å². The summed E-state index contributed by atoms with van der Waals surface area (Å²) in [5.41, 5.74) is 2.58. The first-order chi connectivity index (χ1) is 14.6. The molecule has 1 aliphatic rings. The van der Waals surface area contributed by atoms with Gasteiger partial charge in [-0.2, -0.15) is 4.99 Å². The van der Waals surface area contributed by atoms with Crippen LogP contribution >= 0.6 is 0 Å². The molecule has 0 fully saturated rings. The second kappa shape index (κ2) is 8.38. The van der Waals surface area contributed by atoms with Crippen LogP contribution in [0.4, 0.5) is 5.69 Å². The maximum atomic E-state index is 12.8. The predicted octanol–water partition coefficient (Wildman–Crippen LogP) is 3.09. The molecule has 0 bridgehead atoms. The summed E-state index contributed by atoms with van der Waals surface area (Å²) in [6.45, 7) is 1.89. The average Bonchev–Trinajstić information content (AvgIpc) is 3.38. The highest BCUT2D eigenvalue weighted by atomic mass is 16.5. The summed E-state index contributed by atoms with van der Waals surface area (Å²) in [5, 5.41) is 3.87. The fraction of sp³-hybridized carbons (Fsp3) is 0.227. The third kappa shape index (κ3) is 3.90. The van der Waals surface area contributed by atoms with Crippen LogP contribution in [0.15, 0.2) is 59.7 Å². The van der Waals surface area contributed by atoms with Gasteiger partial charge in [0.1, 0.15) is 5.75 Å². The summed E-state index contributed by atoms with van der Waals surface area (Å²) >= 11 is 0. The molecule has 0 spiro atoms. The molecule has 8 heteroatoms. The topological polar surface area (TPSA) is 96.0 Å². The number of amides is 2. The number of carbonyl (C=O) groups is 2. The molecule has 8 nitrogen and oxygen atoms in total. The van der Waals surface area contributed by atoms with Crippen molar-refractivity contribution in [1.82, 2.24) is 9.88 Å². The van der Waals surface area contributed by atoms with Crippen LogP contribution in [0.25, 0.3) is 10.9 Å². The van der Waals surface area contributed by atoms with Crippen molar-refractivity contribution in [2.75, 3.05) is 19.0 Å². The zero-order valence-corrected chi connectivity index (χ0v) is 16.7. The number of hydrogen-bond acceptors (Lipinski definition) is 5. The Morgan fingerprint density at radius 3 is 2.73 bits per heavy atom. The summed E-state index contributed by atoms with van der Waals surface area (Å²) in [5.74, 6) is -0.00113. The van der Waals surface area contributed by atoms with Gasteiger partial charge in [-0.3, -0.25) is 9.59 Å². The van der Waals surface area contributed by atoms with Crippen molar-refractivity contribution in [2.45, 2.75) is 19.2 Å². The Labute approximate surface area is 173 Å². The summed E-state index contributed by atoms with van der Waals surface area (Å²) < 4.78 is 10.6. The van der Waals surface area contributed by atoms with E-state index in [0.717, 1.165) is 22.9 Å². The molecular weight excluding hydrogens is 384 g/mol. The Morgan fingerprint density at radius 1 is 1.27 bits per heavy atom. The zero-order valence-electron chi connectivity index (χ0n) is 16.7. The molecule has 2 atom stereocenters. The van der Waals surface area contributed by atoms with Crippen LogP contribution in [0.3, 0.4) is 0 Å². The van der Waals surface area contributed by atoms with Crippen LogP contribution in [0.5, 0.6) is 5.75 Å². The number of aromatic amines is 1. The van der Waals surface area contributed by atoms with E-state index in [4.69, 9.17) is 9.47 Å². The minimum Gasteiger partial charge on any atom is -0.497 e. The number of hydrogen-bond donors (Lipinski definition) is 2. The van der Waals surface area contributed by atoms with Crippen molar-refractivity contribution in [3.05, 3.63) is 60.3 Å². The van der Waals surface area contributed by atoms with Gasteiger partial charge in [-0.05, 0) is 42.8 Å². The summed E-state index contributed by atoms with van der Waals surface area (Å²) in [4.78, 5) is 33.7. The summed E-state index contributed by atoms with van der Waals surface area (Å²) in [6, 6.07) is 14.6. The van der Waals surface area contributed by atoms with Gasteiger partial charge in [-0.1, -0.05) is 18.2 Å². The Hall–Kier alpha value is -3.65. The van der Waals surface area contributed by atoms with Crippen LogP contribution in [0, 0.1) is 0 Å². The number of nitrogens with zero attached hydrogens (tertiary/aromatic N) is 2. The van der Waals surface area contributed by atoms with E-state index in [1.165, 1.54) is 0 Å². The smallest absolute Gasteiger partial charge is 0.305 e. The number of rotatable bonds is 7. The van der Waals surface area contributed by atoms with Gasteiger partial charge >= 0.3 is 5.91 Å². The van der Waals surface area contributed by atoms with Gasteiger partial charge in [0.2, 0.25) is 12.1 Å². The fourth-order valence-electron chi connectivity index (χ4n) is 3.56. The molecule has 1 aliphatic heterocycles. The number of methoxy groups -OCH3 is 1. The monoisotopic (exact) mass is 406 g/mol. The number of aliphatic imine (C=N–C) groups is 1. The van der Waals surface area contributed by atoms with Gasteiger partial charge in [0.15, 0.2) is 6.40 Å². The molecule has 0 unspecified atom stereocenters. The fourth-order valence-corrected chi connectivity index (χ4v) is 3.56. The number of anilines is 1. The highest BCUT2D eigenvalue weighted by Gasteiger charge is 2.36. The number of para-hydroxylation sites is 1. The molecule has 0 saturated carbocycles. The first kappa shape index (κ1) is 19.7. The van der Waals surface area contributed by atoms with Crippen molar-refractivity contribution < 1.29 is 19.1 Å². The first-order valence-electron chi connectivity index (χ1n) is 9.54. The largest absolute Gasteiger partial charge is 0.497 e. The van der Waals surface area contributed by atoms with Gasteiger partial charge in [0.05, 0.1) is 13.7 Å². The van der Waals surface area contributed by atoms with E-state index in [0.29, 0.717) is 11.4 Å². The minimum atomic E-state index is -0.949. The van der Waals surface area contributed by atoms with Crippen LogP contribution in [0.2, 0.25) is 0 Å². The van der Waals surface area contributed by atoms with Crippen LogP contribution in [-0.4, -0.2) is 48.0 Å². The van der Waals surface area contributed by atoms with Crippen LogP contribution < -0.4 is 10.1 Å². The minimum absolute atomic E-state index is 0.0491. The lowest BCUT2D eigenvalue weighted by Gasteiger charge is -2.31. The number of H-pyrrole nitrogens is 1. The Bertz CT molecular complexity index is 1090. The Morgan fingerprint density at radius 2 is 2.03 bits per heavy atom. The molecule has 0 aliphatic carbocycles. The maximum Gasteiger partial charge on any atom is 0.305 e. The number of nitrogens with one attached hydrogen (secondary N) is 2. The summed E-state index contributed by atoms with van der Waals surface area (Å²) in [6.07, 6.45) is 2.07. The lowest BCUT2D eigenvalue weighted by Crippen LogP contribution is -2.45. The zero-order chi connectivity index (χ0) is 21.1. The van der Waals surface area contributed by atoms with Crippen molar-refractivity contribution in [2.24, 2.45) is 4.99 Å². The molecule has 2 heterocycles. The number of aromatic nitrogens is 1. The van der Waals surface area contributed by atoms with Crippen molar-refractivity contribution in [1.29, 1.82) is 0 Å². The van der Waals surface area contributed by atoms with E-state index < -0.39 is 12.1 Å². The standard InChI is InChI=1S/C22H22N4O4/c1-14(18-11-23-19-6-4-3-5-17(18)19)26(22-21(28)24-13-30-22)12-20(27)25-15-7-9-16(29-2)10-8-15/h3-11,13-14,22-23H,12H2,1-2H3,(H,25,27)/t14-,22+/m1/s1. The Balaban J connectivity index is 1.56. The number of fused-ring (bicyclic) bond motifs is 1. The van der Waals surface area contributed by atoms with E-state index in [9.17, 15) is 9.59 Å².